The van der Waals surface area contributed by atoms with E-state index >= 15 is 4.39 Å². The third-order valence-corrected chi connectivity index (χ3v) is 8.49. The first-order chi connectivity index (χ1) is 23.6. The van der Waals surface area contributed by atoms with Crippen LogP contribution >= 0.6 is 11.8 Å². The highest BCUT2D eigenvalue weighted by Crippen LogP contribution is 2.47. The van der Waals surface area contributed by atoms with Crippen LogP contribution in [0.25, 0.3) is 10.9 Å². The van der Waals surface area contributed by atoms with Gasteiger partial charge in [-0.15, -0.1) is 0 Å². The smallest absolute Gasteiger partial charge is 0.240 e. The minimum atomic E-state index is -1.30. The Kier molecular flexibility index (Phi) is 11.3. The average molecular weight is 693 g/mol. The van der Waals surface area contributed by atoms with Gasteiger partial charge in [0.2, 0.25) is 17.7 Å². The molecule has 3 amide bonds. The number of nitrogens with one attached hydrogen (secondary N) is 3. The quantitative estimate of drug-likeness (QED) is 0.0976. The summed E-state index contributed by atoms with van der Waals surface area (Å²) in [7, 11) is 1.49. The number of pyridine rings is 1. The number of rotatable bonds is 15. The van der Waals surface area contributed by atoms with Crippen molar-refractivity contribution in [3.8, 4) is 23.0 Å². The van der Waals surface area contributed by atoms with E-state index in [0.717, 1.165) is 17.8 Å². The molecule has 1 aromatic heterocycles. The third-order valence-electron chi connectivity index (χ3n) is 7.68. The van der Waals surface area contributed by atoms with Gasteiger partial charge in [-0.05, 0) is 74.2 Å². The van der Waals surface area contributed by atoms with Gasteiger partial charge in [-0.3, -0.25) is 24.2 Å². The Morgan fingerprint density at radius 1 is 0.857 bits per heavy atom. The molecule has 4 aromatic rings. The molecule has 0 saturated heterocycles. The lowest BCUT2D eigenvalue weighted by atomic mass is 10.0. The maximum Gasteiger partial charge on any atom is 0.240 e. The minimum absolute atomic E-state index is 0.0961. The van der Waals surface area contributed by atoms with E-state index in [4.69, 9.17) is 14.2 Å². The first-order valence-electron chi connectivity index (χ1n) is 15.4. The topological polar surface area (TPSA) is 145 Å². The zero-order chi connectivity index (χ0) is 35.0. The molecular weight excluding hydrogens is 658 g/mol. The van der Waals surface area contributed by atoms with E-state index in [-0.39, 0.29) is 28.2 Å². The van der Waals surface area contributed by atoms with Crippen LogP contribution in [0.4, 0.5) is 20.2 Å². The van der Waals surface area contributed by atoms with Crippen molar-refractivity contribution in [2.45, 2.75) is 32.6 Å². The highest BCUT2D eigenvalue weighted by atomic mass is 32.2. The molecule has 1 fully saturated rings. The second kappa shape index (κ2) is 15.8. The molecule has 5 rings (SSSR count). The van der Waals surface area contributed by atoms with Gasteiger partial charge in [-0.1, -0.05) is 11.8 Å². The van der Waals surface area contributed by atoms with Gasteiger partial charge in [-0.25, -0.2) is 8.78 Å². The number of carbonyl (C=O) groups excluding carboxylic acids is 4. The number of ether oxygens (including phenoxy) is 3. The molecule has 0 bridgehead atoms. The number of benzene rings is 3. The fourth-order valence-electron chi connectivity index (χ4n) is 4.84. The predicted octanol–water partition coefficient (Wildman–Crippen LogP) is 6.23. The van der Waals surface area contributed by atoms with Gasteiger partial charge in [0, 0.05) is 48.6 Å². The number of thioether (sulfide) groups is 1. The summed E-state index contributed by atoms with van der Waals surface area (Å²) in [5, 5.41) is 8.45. The van der Waals surface area contributed by atoms with Crippen molar-refractivity contribution < 1.29 is 42.2 Å². The van der Waals surface area contributed by atoms with Gasteiger partial charge in [0.05, 0.1) is 25.0 Å². The molecule has 1 aliphatic carbocycles. The summed E-state index contributed by atoms with van der Waals surface area (Å²) in [5.74, 6) is -1.32. The molecular formula is C35H34F2N4O7S. The Hall–Kier alpha value is -5.24. The van der Waals surface area contributed by atoms with Crippen LogP contribution in [-0.2, 0) is 19.2 Å². The largest absolute Gasteiger partial charge is 0.493 e. The lowest BCUT2D eigenvalue weighted by molar-refractivity contribution is -0.131. The van der Waals surface area contributed by atoms with Crippen LogP contribution in [0.3, 0.4) is 0 Å². The fourth-order valence-corrected chi connectivity index (χ4v) is 5.28. The number of halogens is 2. The van der Waals surface area contributed by atoms with Crippen molar-refractivity contribution in [3.63, 3.8) is 0 Å². The summed E-state index contributed by atoms with van der Waals surface area (Å²) in [5.41, 5.74) is -0.276. The number of anilines is 2. The molecule has 1 heterocycles. The van der Waals surface area contributed by atoms with Gasteiger partial charge < -0.3 is 30.2 Å². The minimum Gasteiger partial charge on any atom is -0.493 e. The molecule has 1 saturated carbocycles. The summed E-state index contributed by atoms with van der Waals surface area (Å²) >= 11 is 0.963. The van der Waals surface area contributed by atoms with Gasteiger partial charge >= 0.3 is 0 Å². The number of amides is 3. The normalized spacial score (nSPS) is 12.9. The monoisotopic (exact) mass is 692 g/mol. The van der Waals surface area contributed by atoms with Gasteiger partial charge in [0.25, 0.3) is 0 Å². The molecule has 0 spiro atoms. The molecule has 3 aromatic carbocycles. The maximum absolute atomic E-state index is 15.2. The number of hydrogen-bond acceptors (Lipinski definition) is 9. The number of fused-ring (bicyclic) bond motifs is 1. The number of nitrogens with zero attached hydrogens (tertiary/aromatic N) is 1. The SMILES string of the molecule is COc1cc2c(Oc3ccc(NC(=O)C4(C(=O)Nc5ccc(F)cc5)CC4)cc3F)ccnc2cc1OCCCCNC(=O)CSC(C)=O. The van der Waals surface area contributed by atoms with Crippen molar-refractivity contribution in [2.24, 2.45) is 5.41 Å². The number of carbonyl (C=O) groups is 4. The second-order valence-electron chi connectivity index (χ2n) is 11.3. The van der Waals surface area contributed by atoms with Crippen LogP contribution in [0.5, 0.6) is 23.0 Å². The second-order valence-corrected chi connectivity index (χ2v) is 12.4. The van der Waals surface area contributed by atoms with Crippen LogP contribution in [0.2, 0.25) is 0 Å². The number of hydrogen-bond donors (Lipinski definition) is 3. The molecule has 0 radical (unpaired) electrons. The molecule has 49 heavy (non-hydrogen) atoms. The van der Waals surface area contributed by atoms with Crippen LogP contribution in [0, 0.1) is 17.0 Å². The zero-order valence-electron chi connectivity index (χ0n) is 26.8. The highest BCUT2D eigenvalue weighted by molar-refractivity contribution is 8.14. The molecule has 1 aliphatic rings. The first kappa shape index (κ1) is 35.1. The number of aromatic nitrogens is 1. The van der Waals surface area contributed by atoms with Crippen LogP contribution in [0.1, 0.15) is 32.6 Å². The summed E-state index contributed by atoms with van der Waals surface area (Å²) < 4.78 is 45.8. The van der Waals surface area contributed by atoms with Gasteiger partial charge in [-0.2, -0.15) is 0 Å². The van der Waals surface area contributed by atoms with E-state index in [1.54, 1.807) is 18.2 Å². The van der Waals surface area contributed by atoms with Gasteiger partial charge in [0.1, 0.15) is 17.0 Å². The summed E-state index contributed by atoms with van der Waals surface area (Å²) in [6.45, 7) is 2.22. The molecule has 11 nitrogen and oxygen atoms in total. The Balaban J connectivity index is 1.18. The van der Waals surface area contributed by atoms with Crippen molar-refractivity contribution >= 4 is 56.9 Å². The van der Waals surface area contributed by atoms with E-state index < -0.39 is 28.9 Å². The zero-order valence-corrected chi connectivity index (χ0v) is 27.6. The van der Waals surface area contributed by atoms with Crippen LogP contribution in [0.15, 0.2) is 66.9 Å². The molecule has 3 N–H and O–H groups in total. The summed E-state index contributed by atoms with van der Waals surface area (Å²) in [4.78, 5) is 53.0. The molecule has 0 unspecified atom stereocenters. The van der Waals surface area contributed by atoms with E-state index in [2.05, 4.69) is 20.9 Å². The fraction of sp³-hybridized carbons (Fsp3) is 0.286. The maximum atomic E-state index is 15.2. The molecule has 256 valence electrons. The van der Waals surface area contributed by atoms with Crippen molar-refractivity contribution in [2.75, 3.05) is 36.6 Å². The van der Waals surface area contributed by atoms with Crippen molar-refractivity contribution in [3.05, 3.63) is 78.5 Å². The van der Waals surface area contributed by atoms with Crippen LogP contribution in [-0.4, -0.2) is 53.8 Å². The molecule has 0 aliphatic heterocycles. The van der Waals surface area contributed by atoms with E-state index in [1.165, 1.54) is 56.6 Å². The van der Waals surface area contributed by atoms with Crippen molar-refractivity contribution in [1.29, 1.82) is 0 Å². The standard InChI is InChI=1S/C35H34F2N4O7S/c1-21(42)49-20-32(43)39-14-3-4-16-47-31-19-27-25(18-30(31)46-2)28(11-15-38-27)48-29-10-9-24(17-26(29)37)41-34(45)35(12-13-35)33(44)40-23-7-5-22(36)6-8-23/h5-11,15,17-19H,3-4,12-14,16,20H2,1-2H3,(H,39,43)(H,40,44)(H,41,45). The van der Waals surface area contributed by atoms with Crippen molar-refractivity contribution in [1.82, 2.24) is 10.3 Å². The lowest BCUT2D eigenvalue weighted by Crippen LogP contribution is -2.35. The average Bonchev–Trinajstić information content (AvgIpc) is 3.90. The Morgan fingerprint density at radius 2 is 1.57 bits per heavy atom. The first-order valence-corrected chi connectivity index (χ1v) is 16.4. The Morgan fingerprint density at radius 3 is 2.24 bits per heavy atom. The summed E-state index contributed by atoms with van der Waals surface area (Å²) in [6, 6.07) is 14.1. The van der Waals surface area contributed by atoms with E-state index in [9.17, 15) is 23.6 Å². The Bertz CT molecular complexity index is 1870. The highest BCUT2D eigenvalue weighted by Gasteiger charge is 2.56. The van der Waals surface area contributed by atoms with E-state index in [1.807, 2.05) is 0 Å². The molecule has 0 atom stereocenters. The third kappa shape index (κ3) is 9.02. The molecule has 14 heteroatoms. The summed E-state index contributed by atoms with van der Waals surface area (Å²) in [6.07, 6.45) is 3.48. The number of unbranched alkanes of at least 4 members (excludes halogenated alkanes) is 1. The van der Waals surface area contributed by atoms with Gasteiger partial charge in [0.15, 0.2) is 28.2 Å². The lowest BCUT2D eigenvalue weighted by Gasteiger charge is -2.16. The Labute approximate surface area is 285 Å². The predicted molar refractivity (Wildman–Crippen MR) is 181 cm³/mol. The number of methoxy groups -OCH3 is 1. The van der Waals surface area contributed by atoms with Crippen LogP contribution < -0.4 is 30.2 Å². The van der Waals surface area contributed by atoms with E-state index in [0.29, 0.717) is 72.7 Å².